The van der Waals surface area contributed by atoms with Crippen molar-refractivity contribution in [2.24, 2.45) is 40.4 Å². The molecule has 0 amide bonds. The molecule has 1 aliphatic heterocycles. The van der Waals surface area contributed by atoms with E-state index in [0.717, 1.165) is 18.4 Å². The third-order valence-electron chi connectivity index (χ3n) is 11.5. The molecule has 3 saturated carbocycles. The van der Waals surface area contributed by atoms with Gasteiger partial charge in [-0.25, -0.2) is 4.79 Å². The number of aliphatic hydroxyl groups is 4. The fourth-order valence-electron chi connectivity index (χ4n) is 9.03. The van der Waals surface area contributed by atoms with Crippen LogP contribution in [0, 0.1) is 40.4 Å². The summed E-state index contributed by atoms with van der Waals surface area (Å²) in [6, 6.07) is 0. The third kappa shape index (κ3) is 3.04. The number of ether oxygens (including phenoxy) is 1. The van der Waals surface area contributed by atoms with Gasteiger partial charge in [-0.1, -0.05) is 25.5 Å². The maximum absolute atomic E-state index is 13.2. The quantitative estimate of drug-likeness (QED) is 0.440. The zero-order chi connectivity index (χ0) is 25.7. The van der Waals surface area contributed by atoms with Crippen molar-refractivity contribution in [3.63, 3.8) is 0 Å². The standard InChI is InChI=1S/C28H40O7/c1-13-11-19(35-25(33)14(13)2)15(3)16-8-9-17-22-18(12-21(30)26(16,17)4)27(5)20(29)7-6-10-28(27,34)24(32)23(22)31/h6-7,15-19,21-24,30-32,34H,8-12H2,1-5H3. The Kier molecular flexibility index (Phi) is 5.73. The summed E-state index contributed by atoms with van der Waals surface area (Å²) in [4.78, 5) is 25.6. The number of hydrogen-bond donors (Lipinski definition) is 4. The van der Waals surface area contributed by atoms with Crippen molar-refractivity contribution in [1.82, 2.24) is 0 Å². The zero-order valence-electron chi connectivity index (χ0n) is 21.4. The SMILES string of the molecule is CC1=C(C)C(=O)OC(C(C)C2CCC3C4C(O)C(O)C5(O)CC=CC(=O)C5(C)C4CC(O)C23C)C1. The molecule has 0 aromatic heterocycles. The summed E-state index contributed by atoms with van der Waals surface area (Å²) in [5.74, 6) is -1.49. The lowest BCUT2D eigenvalue weighted by Gasteiger charge is -2.65. The van der Waals surface area contributed by atoms with Crippen molar-refractivity contribution < 1.29 is 34.8 Å². The van der Waals surface area contributed by atoms with Crippen molar-refractivity contribution in [3.8, 4) is 0 Å². The van der Waals surface area contributed by atoms with Gasteiger partial charge in [0.15, 0.2) is 5.78 Å². The van der Waals surface area contributed by atoms with Crippen molar-refractivity contribution >= 4 is 11.8 Å². The van der Waals surface area contributed by atoms with E-state index in [0.29, 0.717) is 12.0 Å². The maximum Gasteiger partial charge on any atom is 0.333 e. The van der Waals surface area contributed by atoms with E-state index in [1.165, 1.54) is 6.08 Å². The normalized spacial score (nSPS) is 52.5. The number of hydrogen-bond acceptors (Lipinski definition) is 7. The van der Waals surface area contributed by atoms with E-state index in [9.17, 15) is 30.0 Å². The minimum Gasteiger partial charge on any atom is -0.458 e. The van der Waals surface area contributed by atoms with Gasteiger partial charge in [-0.15, -0.1) is 0 Å². The number of fused-ring (bicyclic) bond motifs is 5. The molecule has 0 aromatic carbocycles. The lowest BCUT2D eigenvalue weighted by atomic mass is 9.41. The van der Waals surface area contributed by atoms with E-state index in [-0.39, 0.29) is 48.5 Å². The van der Waals surface area contributed by atoms with Gasteiger partial charge in [0.2, 0.25) is 0 Å². The monoisotopic (exact) mass is 488 g/mol. The van der Waals surface area contributed by atoms with E-state index in [4.69, 9.17) is 4.74 Å². The Morgan fingerprint density at radius 3 is 2.43 bits per heavy atom. The molecule has 0 aromatic rings. The smallest absolute Gasteiger partial charge is 0.333 e. The molecule has 3 fully saturated rings. The summed E-state index contributed by atoms with van der Waals surface area (Å²) in [5, 5.41) is 45.8. The predicted octanol–water partition coefficient (Wildman–Crippen LogP) is 2.31. The summed E-state index contributed by atoms with van der Waals surface area (Å²) in [6.45, 7) is 9.61. The molecule has 5 rings (SSSR count). The number of allylic oxidation sites excluding steroid dienone is 1. The molecule has 7 nitrogen and oxygen atoms in total. The minimum atomic E-state index is -1.77. The van der Waals surface area contributed by atoms with Crippen LogP contribution in [-0.2, 0) is 14.3 Å². The molecule has 0 bridgehead atoms. The zero-order valence-corrected chi connectivity index (χ0v) is 21.4. The summed E-state index contributed by atoms with van der Waals surface area (Å²) in [6.07, 6.45) is 1.96. The van der Waals surface area contributed by atoms with E-state index >= 15 is 0 Å². The molecular formula is C28H40O7. The number of ketones is 1. The van der Waals surface area contributed by atoms with Gasteiger partial charge in [0.05, 0.1) is 17.6 Å². The molecule has 35 heavy (non-hydrogen) atoms. The van der Waals surface area contributed by atoms with Gasteiger partial charge in [-0.2, -0.15) is 0 Å². The van der Waals surface area contributed by atoms with E-state index < -0.39 is 46.6 Å². The third-order valence-corrected chi connectivity index (χ3v) is 11.5. The molecule has 0 spiro atoms. The van der Waals surface area contributed by atoms with Gasteiger partial charge in [-0.05, 0) is 87.5 Å². The summed E-state index contributed by atoms with van der Waals surface area (Å²) < 4.78 is 5.81. The number of cyclic esters (lactones) is 1. The molecule has 5 aliphatic rings. The summed E-state index contributed by atoms with van der Waals surface area (Å²) in [7, 11) is 0. The Hall–Kier alpha value is -1.54. The van der Waals surface area contributed by atoms with Crippen LogP contribution in [0.3, 0.4) is 0 Å². The number of carbonyl (C=O) groups excluding carboxylic acids is 2. The number of rotatable bonds is 2. The fourth-order valence-corrected chi connectivity index (χ4v) is 9.03. The molecule has 12 atom stereocenters. The highest BCUT2D eigenvalue weighted by Crippen LogP contribution is 2.68. The molecule has 12 unspecified atom stereocenters. The van der Waals surface area contributed by atoms with Crippen LogP contribution in [0.15, 0.2) is 23.3 Å². The number of esters is 1. The highest BCUT2D eigenvalue weighted by Gasteiger charge is 2.73. The molecule has 0 radical (unpaired) electrons. The lowest BCUT2D eigenvalue weighted by Crippen LogP contribution is -2.75. The molecule has 0 saturated heterocycles. The first kappa shape index (κ1) is 25.1. The summed E-state index contributed by atoms with van der Waals surface area (Å²) in [5.41, 5.74) is -1.93. The molecule has 4 N–H and O–H groups in total. The van der Waals surface area contributed by atoms with E-state index in [2.05, 4.69) is 13.8 Å². The highest BCUT2D eigenvalue weighted by atomic mass is 16.5. The molecule has 194 valence electrons. The van der Waals surface area contributed by atoms with Crippen LogP contribution in [-0.4, -0.2) is 62.2 Å². The van der Waals surface area contributed by atoms with Crippen molar-refractivity contribution in [3.05, 3.63) is 23.3 Å². The van der Waals surface area contributed by atoms with Crippen LogP contribution < -0.4 is 0 Å². The molecule has 1 heterocycles. The van der Waals surface area contributed by atoms with Gasteiger partial charge in [0.25, 0.3) is 0 Å². The second-order valence-electron chi connectivity index (χ2n) is 12.5. The number of aliphatic hydroxyl groups excluding tert-OH is 3. The average Bonchev–Trinajstić information content (AvgIpc) is 3.16. The van der Waals surface area contributed by atoms with Gasteiger partial charge in [0, 0.05) is 12.0 Å². The van der Waals surface area contributed by atoms with E-state index in [1.807, 2.05) is 6.92 Å². The largest absolute Gasteiger partial charge is 0.458 e. The Bertz CT molecular complexity index is 1000. The fraction of sp³-hybridized carbons (Fsp3) is 0.786. The van der Waals surface area contributed by atoms with Crippen LogP contribution in [0.4, 0.5) is 0 Å². The first-order chi connectivity index (χ1) is 16.3. The molecule has 7 heteroatoms. The Morgan fingerprint density at radius 2 is 1.77 bits per heavy atom. The first-order valence-corrected chi connectivity index (χ1v) is 13.1. The van der Waals surface area contributed by atoms with Gasteiger partial charge < -0.3 is 25.2 Å². The van der Waals surface area contributed by atoms with Crippen molar-refractivity contribution in [2.45, 2.75) is 96.7 Å². The van der Waals surface area contributed by atoms with Crippen LogP contribution in [0.1, 0.15) is 66.7 Å². The van der Waals surface area contributed by atoms with Crippen LogP contribution in [0.5, 0.6) is 0 Å². The van der Waals surface area contributed by atoms with Crippen LogP contribution >= 0.6 is 0 Å². The van der Waals surface area contributed by atoms with E-state index in [1.54, 1.807) is 19.9 Å². The van der Waals surface area contributed by atoms with Crippen molar-refractivity contribution in [1.29, 1.82) is 0 Å². The number of carbonyl (C=O) groups is 2. The van der Waals surface area contributed by atoms with Gasteiger partial charge >= 0.3 is 5.97 Å². The van der Waals surface area contributed by atoms with Crippen LogP contribution in [0.25, 0.3) is 0 Å². The maximum atomic E-state index is 13.2. The van der Waals surface area contributed by atoms with Gasteiger partial charge in [0.1, 0.15) is 17.8 Å². The van der Waals surface area contributed by atoms with Crippen LogP contribution in [0.2, 0.25) is 0 Å². The Balaban J connectivity index is 1.51. The van der Waals surface area contributed by atoms with Gasteiger partial charge in [-0.3, -0.25) is 4.79 Å². The second kappa shape index (κ2) is 7.98. The van der Waals surface area contributed by atoms with Crippen molar-refractivity contribution in [2.75, 3.05) is 0 Å². The highest BCUT2D eigenvalue weighted by molar-refractivity contribution is 5.97. The second-order valence-corrected chi connectivity index (χ2v) is 12.5. The Labute approximate surface area is 207 Å². The Morgan fingerprint density at radius 1 is 1.09 bits per heavy atom. The summed E-state index contributed by atoms with van der Waals surface area (Å²) >= 11 is 0. The molecule has 4 aliphatic carbocycles. The topological polar surface area (TPSA) is 124 Å². The predicted molar refractivity (Wildman–Crippen MR) is 128 cm³/mol. The average molecular weight is 489 g/mol. The first-order valence-electron chi connectivity index (χ1n) is 13.1. The molecular weight excluding hydrogens is 448 g/mol. The minimum absolute atomic E-state index is 0.000576. The lowest BCUT2D eigenvalue weighted by molar-refractivity contribution is -0.279.